The molecule has 1 saturated heterocycles. The highest BCUT2D eigenvalue weighted by molar-refractivity contribution is 5.74. The summed E-state index contributed by atoms with van der Waals surface area (Å²) in [5, 5.41) is 3.39. The zero-order chi connectivity index (χ0) is 17.4. The number of nitrogens with zero attached hydrogens (tertiary/aromatic N) is 2. The lowest BCUT2D eigenvalue weighted by Crippen LogP contribution is -2.63. The van der Waals surface area contributed by atoms with E-state index in [2.05, 4.69) is 49.7 Å². The first-order valence-corrected chi connectivity index (χ1v) is 9.60. The number of hydrogen-bond acceptors (Lipinski definition) is 3. The Balaban J connectivity index is 2.57. The number of unbranched alkanes of at least 4 members (excludes halogenated alkanes) is 2. The van der Waals surface area contributed by atoms with Gasteiger partial charge in [-0.2, -0.15) is 0 Å². The second-order valence-corrected chi connectivity index (χ2v) is 7.72. The van der Waals surface area contributed by atoms with E-state index in [0.717, 1.165) is 26.2 Å². The molecule has 0 radical (unpaired) electrons. The Labute approximate surface area is 144 Å². The SMILES string of the molecule is CCNCCCCCN1CC(C(C)C)N(C(C)=O)C(C(C)C)C1. The molecule has 0 aromatic carbocycles. The van der Waals surface area contributed by atoms with Crippen molar-refractivity contribution in [2.45, 2.75) is 72.9 Å². The van der Waals surface area contributed by atoms with Crippen molar-refractivity contribution in [3.05, 3.63) is 0 Å². The van der Waals surface area contributed by atoms with E-state index in [9.17, 15) is 4.79 Å². The number of piperazine rings is 1. The Hall–Kier alpha value is -0.610. The third kappa shape index (κ3) is 6.42. The van der Waals surface area contributed by atoms with Gasteiger partial charge in [-0.3, -0.25) is 9.69 Å². The average Bonchev–Trinajstić information content (AvgIpc) is 2.49. The summed E-state index contributed by atoms with van der Waals surface area (Å²) >= 11 is 0. The number of nitrogens with one attached hydrogen (secondary N) is 1. The summed E-state index contributed by atoms with van der Waals surface area (Å²) in [6, 6.07) is 0.714. The molecule has 1 rings (SSSR count). The highest BCUT2D eigenvalue weighted by Crippen LogP contribution is 2.26. The van der Waals surface area contributed by atoms with Crippen molar-refractivity contribution in [2.75, 3.05) is 32.7 Å². The molecular formula is C19H39N3O. The summed E-state index contributed by atoms with van der Waals surface area (Å²) < 4.78 is 0. The number of hydrogen-bond donors (Lipinski definition) is 1. The number of rotatable bonds is 9. The molecule has 1 heterocycles. The molecule has 0 bridgehead atoms. The van der Waals surface area contributed by atoms with Crippen LogP contribution >= 0.6 is 0 Å². The smallest absolute Gasteiger partial charge is 0.220 e. The molecule has 0 aromatic heterocycles. The summed E-state index contributed by atoms with van der Waals surface area (Å²) in [5.74, 6) is 1.26. The standard InChI is InChI=1S/C19H39N3O/c1-7-20-11-9-8-10-12-21-13-18(15(2)3)22(17(6)23)19(14-21)16(4)5/h15-16,18-20H,7-14H2,1-6H3. The zero-order valence-corrected chi connectivity index (χ0v) is 16.3. The van der Waals surface area contributed by atoms with Crippen molar-refractivity contribution in [2.24, 2.45) is 11.8 Å². The van der Waals surface area contributed by atoms with Gasteiger partial charge >= 0.3 is 0 Å². The average molecular weight is 326 g/mol. The monoisotopic (exact) mass is 325 g/mol. The number of carbonyl (C=O) groups excluding carboxylic acids is 1. The lowest BCUT2D eigenvalue weighted by Gasteiger charge is -2.49. The van der Waals surface area contributed by atoms with Crippen LogP contribution in [0.5, 0.6) is 0 Å². The van der Waals surface area contributed by atoms with Crippen LogP contribution in [0.15, 0.2) is 0 Å². The van der Waals surface area contributed by atoms with Crippen LogP contribution in [0.2, 0.25) is 0 Å². The minimum absolute atomic E-state index is 0.243. The predicted octanol–water partition coefficient (Wildman–Crippen LogP) is 2.98. The second kappa shape index (κ2) is 10.3. The van der Waals surface area contributed by atoms with Crippen molar-refractivity contribution in [1.82, 2.24) is 15.1 Å². The normalized spacial score (nSPS) is 23.0. The molecule has 0 saturated carbocycles. The molecule has 0 aliphatic carbocycles. The molecule has 4 heteroatoms. The summed E-state index contributed by atoms with van der Waals surface area (Å²) in [5.41, 5.74) is 0. The fraction of sp³-hybridized carbons (Fsp3) is 0.947. The predicted molar refractivity (Wildman–Crippen MR) is 98.6 cm³/mol. The van der Waals surface area contributed by atoms with E-state index < -0.39 is 0 Å². The van der Waals surface area contributed by atoms with Gasteiger partial charge < -0.3 is 10.2 Å². The lowest BCUT2D eigenvalue weighted by molar-refractivity contribution is -0.141. The molecule has 0 aromatic rings. The van der Waals surface area contributed by atoms with E-state index in [0.29, 0.717) is 23.9 Å². The number of amides is 1. The van der Waals surface area contributed by atoms with Gasteiger partial charge in [-0.25, -0.2) is 0 Å². The van der Waals surface area contributed by atoms with Crippen LogP contribution in [0.3, 0.4) is 0 Å². The molecule has 136 valence electrons. The fourth-order valence-electron chi connectivity index (χ4n) is 3.68. The first-order valence-electron chi connectivity index (χ1n) is 9.60. The molecule has 1 fully saturated rings. The van der Waals surface area contributed by atoms with Gasteiger partial charge in [0, 0.05) is 32.1 Å². The summed E-state index contributed by atoms with van der Waals surface area (Å²) in [6.07, 6.45) is 3.82. The van der Waals surface area contributed by atoms with E-state index in [4.69, 9.17) is 0 Å². The Kier molecular flexibility index (Phi) is 9.15. The van der Waals surface area contributed by atoms with E-state index >= 15 is 0 Å². The highest BCUT2D eigenvalue weighted by atomic mass is 16.2. The molecule has 1 amide bonds. The Morgan fingerprint density at radius 3 is 2.04 bits per heavy atom. The van der Waals surface area contributed by atoms with E-state index in [1.807, 2.05) is 0 Å². The molecule has 1 N–H and O–H groups in total. The fourth-order valence-corrected chi connectivity index (χ4v) is 3.68. The Morgan fingerprint density at radius 1 is 1.04 bits per heavy atom. The molecule has 1 aliphatic heterocycles. The van der Waals surface area contributed by atoms with Gasteiger partial charge in [-0.1, -0.05) is 41.0 Å². The van der Waals surface area contributed by atoms with Crippen LogP contribution < -0.4 is 5.32 Å². The van der Waals surface area contributed by atoms with Gasteiger partial charge in [0.25, 0.3) is 0 Å². The third-order valence-corrected chi connectivity index (χ3v) is 5.09. The van der Waals surface area contributed by atoms with Gasteiger partial charge in [0.1, 0.15) is 0 Å². The maximum Gasteiger partial charge on any atom is 0.220 e. The van der Waals surface area contributed by atoms with Crippen LogP contribution in [0.4, 0.5) is 0 Å². The maximum absolute atomic E-state index is 12.2. The van der Waals surface area contributed by atoms with Crippen LogP contribution in [-0.2, 0) is 4.79 Å². The van der Waals surface area contributed by atoms with Gasteiger partial charge in [0.05, 0.1) is 0 Å². The topological polar surface area (TPSA) is 35.6 Å². The van der Waals surface area contributed by atoms with E-state index in [1.165, 1.54) is 25.8 Å². The van der Waals surface area contributed by atoms with Crippen molar-refractivity contribution in [3.63, 3.8) is 0 Å². The van der Waals surface area contributed by atoms with Crippen LogP contribution in [0.25, 0.3) is 0 Å². The van der Waals surface area contributed by atoms with Crippen molar-refractivity contribution >= 4 is 5.91 Å². The quantitative estimate of drug-likeness (QED) is 0.662. The molecule has 2 atom stereocenters. The number of carbonyl (C=O) groups is 1. The van der Waals surface area contributed by atoms with Crippen molar-refractivity contribution in [1.29, 1.82) is 0 Å². The summed E-state index contributed by atoms with van der Waals surface area (Å²) in [4.78, 5) is 17.0. The van der Waals surface area contributed by atoms with E-state index in [1.54, 1.807) is 6.92 Å². The molecule has 23 heavy (non-hydrogen) atoms. The first-order chi connectivity index (χ1) is 10.9. The van der Waals surface area contributed by atoms with Crippen LogP contribution in [-0.4, -0.2) is 60.5 Å². The Bertz CT molecular complexity index is 326. The van der Waals surface area contributed by atoms with Crippen LogP contribution in [0.1, 0.15) is 60.8 Å². The van der Waals surface area contributed by atoms with Crippen molar-refractivity contribution < 1.29 is 4.79 Å². The first kappa shape index (κ1) is 20.4. The van der Waals surface area contributed by atoms with Gasteiger partial charge in [-0.15, -0.1) is 0 Å². The summed E-state index contributed by atoms with van der Waals surface area (Å²) in [6.45, 7) is 18.3. The molecule has 1 aliphatic rings. The maximum atomic E-state index is 12.2. The lowest BCUT2D eigenvalue weighted by atomic mass is 9.91. The highest BCUT2D eigenvalue weighted by Gasteiger charge is 2.38. The van der Waals surface area contributed by atoms with Crippen LogP contribution in [0, 0.1) is 11.8 Å². The third-order valence-electron chi connectivity index (χ3n) is 5.09. The van der Waals surface area contributed by atoms with E-state index in [-0.39, 0.29) is 5.91 Å². The van der Waals surface area contributed by atoms with Gasteiger partial charge in [-0.05, 0) is 44.3 Å². The minimum Gasteiger partial charge on any atom is -0.334 e. The minimum atomic E-state index is 0.243. The van der Waals surface area contributed by atoms with Gasteiger partial charge in [0.15, 0.2) is 0 Å². The molecular weight excluding hydrogens is 286 g/mol. The van der Waals surface area contributed by atoms with Gasteiger partial charge in [0.2, 0.25) is 5.91 Å². The molecule has 4 nitrogen and oxygen atoms in total. The molecule has 0 spiro atoms. The summed E-state index contributed by atoms with van der Waals surface area (Å²) in [7, 11) is 0. The second-order valence-electron chi connectivity index (χ2n) is 7.72. The Morgan fingerprint density at radius 2 is 1.61 bits per heavy atom. The zero-order valence-electron chi connectivity index (χ0n) is 16.3. The van der Waals surface area contributed by atoms with Crippen molar-refractivity contribution in [3.8, 4) is 0 Å². The largest absolute Gasteiger partial charge is 0.334 e. The molecule has 2 unspecified atom stereocenters.